The van der Waals surface area contributed by atoms with Crippen molar-refractivity contribution < 1.29 is 14.3 Å². The lowest BCUT2D eigenvalue weighted by Crippen LogP contribution is -2.26. The van der Waals surface area contributed by atoms with Crippen LogP contribution < -0.4 is 5.32 Å². The molecule has 0 radical (unpaired) electrons. The zero-order chi connectivity index (χ0) is 12.7. The quantitative estimate of drug-likeness (QED) is 0.744. The number of aliphatic hydroxyl groups is 1. The summed E-state index contributed by atoms with van der Waals surface area (Å²) in [6.07, 6.45) is 0.798. The summed E-state index contributed by atoms with van der Waals surface area (Å²) in [6.45, 7) is 2.34. The Morgan fingerprint density at radius 1 is 1.47 bits per heavy atom. The zero-order valence-electron chi connectivity index (χ0n) is 9.95. The van der Waals surface area contributed by atoms with Crippen LogP contribution in [0.15, 0.2) is 24.3 Å². The Hall–Kier alpha value is -1.42. The van der Waals surface area contributed by atoms with Crippen molar-refractivity contribution in [1.82, 2.24) is 5.32 Å². The van der Waals surface area contributed by atoms with E-state index in [1.807, 2.05) is 6.92 Å². The highest BCUT2D eigenvalue weighted by atomic mass is 19.1. The number of aliphatic hydroxyl groups excluding tert-OH is 1. The predicted octanol–water partition coefficient (Wildman–Crippen LogP) is 1.82. The van der Waals surface area contributed by atoms with E-state index in [0.717, 1.165) is 0 Å². The largest absolute Gasteiger partial charge is 0.396 e. The van der Waals surface area contributed by atoms with Crippen molar-refractivity contribution in [3.8, 4) is 0 Å². The molecule has 1 unspecified atom stereocenters. The van der Waals surface area contributed by atoms with Gasteiger partial charge in [-0.05, 0) is 24.0 Å². The molecule has 17 heavy (non-hydrogen) atoms. The van der Waals surface area contributed by atoms with Gasteiger partial charge in [0, 0.05) is 19.6 Å². The van der Waals surface area contributed by atoms with Gasteiger partial charge in [-0.3, -0.25) is 4.79 Å². The van der Waals surface area contributed by atoms with Crippen LogP contribution in [-0.4, -0.2) is 24.2 Å². The first-order valence-corrected chi connectivity index (χ1v) is 5.77. The average Bonchev–Trinajstić information content (AvgIpc) is 2.29. The van der Waals surface area contributed by atoms with Gasteiger partial charge in [0.15, 0.2) is 0 Å². The first kappa shape index (κ1) is 13.6. The summed E-state index contributed by atoms with van der Waals surface area (Å²) in [5.74, 6) is -0.539. The maximum atomic E-state index is 13.4. The molecular formula is C13H18FNO2. The Bertz CT molecular complexity index is 368. The molecule has 0 spiro atoms. The molecule has 94 valence electrons. The summed E-state index contributed by atoms with van der Waals surface area (Å²) < 4.78 is 13.4. The van der Waals surface area contributed by atoms with Crippen LogP contribution in [0.25, 0.3) is 0 Å². The van der Waals surface area contributed by atoms with Gasteiger partial charge < -0.3 is 10.4 Å². The van der Waals surface area contributed by atoms with E-state index < -0.39 is 0 Å². The lowest BCUT2D eigenvalue weighted by atomic mass is 9.97. The second kappa shape index (κ2) is 7.01. The molecule has 0 saturated heterocycles. The lowest BCUT2D eigenvalue weighted by molar-refractivity contribution is -0.121. The fourth-order valence-corrected chi connectivity index (χ4v) is 1.64. The summed E-state index contributed by atoms with van der Waals surface area (Å²) >= 11 is 0. The van der Waals surface area contributed by atoms with E-state index in [1.165, 1.54) is 6.07 Å². The van der Waals surface area contributed by atoms with E-state index in [0.29, 0.717) is 18.5 Å². The zero-order valence-corrected chi connectivity index (χ0v) is 9.95. The van der Waals surface area contributed by atoms with Crippen LogP contribution in [0, 0.1) is 5.82 Å². The molecule has 3 nitrogen and oxygen atoms in total. The lowest BCUT2D eigenvalue weighted by Gasteiger charge is -2.12. The van der Waals surface area contributed by atoms with Gasteiger partial charge in [-0.15, -0.1) is 0 Å². The number of nitrogens with one attached hydrogen (secondary N) is 1. The van der Waals surface area contributed by atoms with Crippen LogP contribution in [0.2, 0.25) is 0 Å². The molecule has 4 heteroatoms. The highest BCUT2D eigenvalue weighted by Crippen LogP contribution is 2.21. The van der Waals surface area contributed by atoms with Gasteiger partial charge in [-0.25, -0.2) is 4.39 Å². The normalized spacial score (nSPS) is 12.2. The van der Waals surface area contributed by atoms with Gasteiger partial charge in [0.1, 0.15) is 5.82 Å². The van der Waals surface area contributed by atoms with Gasteiger partial charge in [-0.2, -0.15) is 0 Å². The molecule has 0 aliphatic rings. The van der Waals surface area contributed by atoms with Crippen molar-refractivity contribution in [3.05, 3.63) is 35.6 Å². The van der Waals surface area contributed by atoms with Crippen molar-refractivity contribution in [2.24, 2.45) is 0 Å². The second-order valence-corrected chi connectivity index (χ2v) is 4.05. The molecule has 1 rings (SSSR count). The van der Waals surface area contributed by atoms with Crippen molar-refractivity contribution in [3.63, 3.8) is 0 Å². The molecular weight excluding hydrogens is 221 g/mol. The Balaban J connectivity index is 2.46. The van der Waals surface area contributed by atoms with E-state index in [4.69, 9.17) is 5.11 Å². The van der Waals surface area contributed by atoms with Crippen molar-refractivity contribution in [2.45, 2.75) is 25.7 Å². The van der Waals surface area contributed by atoms with E-state index in [9.17, 15) is 9.18 Å². The summed E-state index contributed by atoms with van der Waals surface area (Å²) in [5.41, 5.74) is 0.560. The van der Waals surface area contributed by atoms with Crippen LogP contribution in [0.4, 0.5) is 4.39 Å². The molecule has 1 aromatic rings. The molecule has 0 aliphatic heterocycles. The van der Waals surface area contributed by atoms with E-state index >= 15 is 0 Å². The van der Waals surface area contributed by atoms with Crippen LogP contribution in [0.1, 0.15) is 31.2 Å². The smallest absolute Gasteiger partial charge is 0.220 e. The maximum Gasteiger partial charge on any atom is 0.220 e. The minimum absolute atomic E-state index is 0.0587. The fourth-order valence-electron chi connectivity index (χ4n) is 1.64. The molecule has 0 heterocycles. The third kappa shape index (κ3) is 4.53. The van der Waals surface area contributed by atoms with Gasteiger partial charge in [0.05, 0.1) is 0 Å². The number of hydrogen-bond donors (Lipinski definition) is 2. The summed E-state index contributed by atoms with van der Waals surface area (Å²) in [5, 5.41) is 11.3. The topological polar surface area (TPSA) is 49.3 Å². The monoisotopic (exact) mass is 239 g/mol. The molecule has 2 N–H and O–H groups in total. The number of hydrogen-bond acceptors (Lipinski definition) is 2. The van der Waals surface area contributed by atoms with E-state index in [-0.39, 0.29) is 30.7 Å². The van der Waals surface area contributed by atoms with Crippen molar-refractivity contribution in [2.75, 3.05) is 13.2 Å². The number of rotatable bonds is 6. The van der Waals surface area contributed by atoms with Crippen LogP contribution in [-0.2, 0) is 4.79 Å². The van der Waals surface area contributed by atoms with Gasteiger partial charge in [0.25, 0.3) is 0 Å². The third-order valence-electron chi connectivity index (χ3n) is 2.58. The molecule has 0 bridgehead atoms. The fraction of sp³-hybridized carbons (Fsp3) is 0.462. The van der Waals surface area contributed by atoms with Gasteiger partial charge in [-0.1, -0.05) is 25.1 Å². The van der Waals surface area contributed by atoms with Gasteiger partial charge >= 0.3 is 0 Å². The molecule has 1 atom stereocenters. The minimum Gasteiger partial charge on any atom is -0.396 e. The van der Waals surface area contributed by atoms with Gasteiger partial charge in [0.2, 0.25) is 5.91 Å². The molecule has 1 amide bonds. The number of amides is 1. The highest BCUT2D eigenvalue weighted by molar-refractivity contribution is 5.76. The maximum absolute atomic E-state index is 13.4. The molecule has 1 aromatic carbocycles. The number of halogens is 1. The van der Waals surface area contributed by atoms with E-state index in [1.54, 1.807) is 18.2 Å². The number of carbonyl (C=O) groups is 1. The minimum atomic E-state index is -0.275. The van der Waals surface area contributed by atoms with Crippen molar-refractivity contribution >= 4 is 5.91 Å². The van der Waals surface area contributed by atoms with Crippen LogP contribution >= 0.6 is 0 Å². The van der Waals surface area contributed by atoms with Crippen molar-refractivity contribution in [1.29, 1.82) is 0 Å². The Morgan fingerprint density at radius 3 is 2.82 bits per heavy atom. The molecule has 0 saturated carbocycles. The highest BCUT2D eigenvalue weighted by Gasteiger charge is 2.13. The first-order valence-electron chi connectivity index (χ1n) is 5.77. The van der Waals surface area contributed by atoms with E-state index in [2.05, 4.69) is 5.32 Å². The SMILES string of the molecule is CC(CC(=O)NCCCO)c1ccccc1F. The predicted molar refractivity (Wildman–Crippen MR) is 64.1 cm³/mol. The Morgan fingerprint density at radius 2 is 2.18 bits per heavy atom. The summed E-state index contributed by atoms with van der Waals surface area (Å²) in [4.78, 5) is 11.5. The Kier molecular flexibility index (Phi) is 5.63. The summed E-state index contributed by atoms with van der Waals surface area (Å²) in [7, 11) is 0. The Labute approximate surface area is 101 Å². The van der Waals surface area contributed by atoms with Crippen LogP contribution in [0.3, 0.4) is 0 Å². The number of carbonyl (C=O) groups excluding carboxylic acids is 1. The first-order chi connectivity index (χ1) is 8.15. The summed E-state index contributed by atoms with van der Waals surface area (Å²) in [6, 6.07) is 6.49. The number of benzene rings is 1. The standard InChI is InChI=1S/C13H18FNO2/c1-10(9-13(17)15-7-4-8-16)11-5-2-3-6-12(11)14/h2-3,5-6,10,16H,4,7-9H2,1H3,(H,15,17). The molecule has 0 aliphatic carbocycles. The average molecular weight is 239 g/mol. The van der Waals surface area contributed by atoms with Crippen LogP contribution in [0.5, 0.6) is 0 Å². The molecule has 0 aromatic heterocycles. The second-order valence-electron chi connectivity index (χ2n) is 4.05. The molecule has 0 fully saturated rings. The third-order valence-corrected chi connectivity index (χ3v) is 2.58.